The Kier molecular flexibility index (Phi) is 5.53. The number of benzene rings is 1. The number of hydrogen-bond acceptors (Lipinski definition) is 3. The molecule has 0 atom stereocenters. The molecule has 1 fully saturated rings. The molecule has 0 spiro atoms. The molecule has 1 saturated carbocycles. The summed E-state index contributed by atoms with van der Waals surface area (Å²) >= 11 is 0. The van der Waals surface area contributed by atoms with Crippen LogP contribution in [0.3, 0.4) is 0 Å². The van der Waals surface area contributed by atoms with E-state index in [2.05, 4.69) is 41.5 Å². The van der Waals surface area contributed by atoms with Crippen molar-refractivity contribution in [2.24, 2.45) is 0 Å². The van der Waals surface area contributed by atoms with Gasteiger partial charge in [-0.3, -0.25) is 4.79 Å². The van der Waals surface area contributed by atoms with Crippen LogP contribution < -0.4 is 14.9 Å². The predicted octanol–water partition coefficient (Wildman–Crippen LogP) is 3.02. The zero-order valence-electron chi connectivity index (χ0n) is 14.6. The first kappa shape index (κ1) is 17.3. The Bertz CT molecular complexity index is 692. The minimum absolute atomic E-state index is 0.177. The van der Waals surface area contributed by atoms with Gasteiger partial charge in [0.1, 0.15) is 0 Å². The number of aromatic nitrogens is 1. The third-order valence-electron chi connectivity index (χ3n) is 4.98. The highest BCUT2D eigenvalue weighted by molar-refractivity contribution is 5.93. The van der Waals surface area contributed by atoms with Crippen LogP contribution >= 0.6 is 0 Å². The molecule has 1 aromatic heterocycles. The third-order valence-corrected chi connectivity index (χ3v) is 4.98. The van der Waals surface area contributed by atoms with Crippen molar-refractivity contribution in [1.82, 2.24) is 5.32 Å². The van der Waals surface area contributed by atoms with Gasteiger partial charge in [-0.15, -0.1) is 0 Å². The first-order chi connectivity index (χ1) is 12.1. The fourth-order valence-corrected chi connectivity index (χ4v) is 3.38. The van der Waals surface area contributed by atoms with Gasteiger partial charge in [0.25, 0.3) is 5.91 Å². The molecule has 3 rings (SSSR count). The van der Waals surface area contributed by atoms with Crippen LogP contribution in [0.4, 0.5) is 5.69 Å². The molecule has 0 saturated heterocycles. The fourth-order valence-electron chi connectivity index (χ4n) is 3.38. The van der Waals surface area contributed by atoms with E-state index < -0.39 is 0 Å². The summed E-state index contributed by atoms with van der Waals surface area (Å²) in [7, 11) is 2.17. The quantitative estimate of drug-likeness (QED) is 0.673. The van der Waals surface area contributed by atoms with Crippen LogP contribution in [0.1, 0.15) is 48.0 Å². The van der Waals surface area contributed by atoms with Crippen molar-refractivity contribution in [2.45, 2.75) is 44.7 Å². The van der Waals surface area contributed by atoms with E-state index in [1.807, 2.05) is 0 Å². The highest BCUT2D eigenvalue weighted by atomic mass is 16.5. The van der Waals surface area contributed by atoms with Gasteiger partial charge in [0, 0.05) is 37.5 Å². The number of nitrogens with zero attached hydrogens (tertiary/aromatic N) is 2. The lowest BCUT2D eigenvalue weighted by Gasteiger charge is -2.33. The van der Waals surface area contributed by atoms with Crippen molar-refractivity contribution in [1.29, 1.82) is 0 Å². The maximum atomic E-state index is 12.1. The Morgan fingerprint density at radius 1 is 1.12 bits per heavy atom. The monoisotopic (exact) mass is 339 g/mol. The van der Waals surface area contributed by atoms with Gasteiger partial charge in [0.05, 0.1) is 5.56 Å². The summed E-state index contributed by atoms with van der Waals surface area (Å²) in [6, 6.07) is 12.0. The lowest BCUT2D eigenvalue weighted by atomic mass is 9.94. The molecule has 1 N–H and O–H groups in total. The summed E-state index contributed by atoms with van der Waals surface area (Å²) in [5, 5.41) is 13.9. The van der Waals surface area contributed by atoms with E-state index in [1.165, 1.54) is 62.3 Å². The molecule has 1 heterocycles. The zero-order chi connectivity index (χ0) is 17.6. The maximum absolute atomic E-state index is 12.1. The lowest BCUT2D eigenvalue weighted by Crippen LogP contribution is -2.33. The smallest absolute Gasteiger partial charge is 0.252 e. The van der Waals surface area contributed by atoms with Gasteiger partial charge in [-0.2, -0.15) is 4.73 Å². The molecule has 1 aliphatic rings. The molecular weight excluding hydrogens is 314 g/mol. The number of hydrogen-bond donors (Lipinski definition) is 1. The van der Waals surface area contributed by atoms with Crippen molar-refractivity contribution >= 4 is 11.6 Å². The Balaban J connectivity index is 1.55. The fraction of sp³-hybridized carbons (Fsp3) is 0.400. The van der Waals surface area contributed by atoms with Gasteiger partial charge < -0.3 is 15.4 Å². The largest absolute Gasteiger partial charge is 0.619 e. The Labute approximate surface area is 148 Å². The second-order valence-corrected chi connectivity index (χ2v) is 6.70. The van der Waals surface area contributed by atoms with Gasteiger partial charge in [0.2, 0.25) is 0 Å². The van der Waals surface area contributed by atoms with Crippen molar-refractivity contribution in [3.63, 3.8) is 0 Å². The van der Waals surface area contributed by atoms with Gasteiger partial charge in [0.15, 0.2) is 12.4 Å². The van der Waals surface area contributed by atoms with Crippen molar-refractivity contribution < 1.29 is 9.52 Å². The van der Waals surface area contributed by atoms with Crippen LogP contribution in [0, 0.1) is 5.21 Å². The van der Waals surface area contributed by atoms with Crippen molar-refractivity contribution in [3.05, 3.63) is 65.1 Å². The molecule has 5 nitrogen and oxygen atoms in total. The molecular formula is C20H25N3O2. The lowest BCUT2D eigenvalue weighted by molar-refractivity contribution is -0.605. The molecule has 0 radical (unpaired) electrons. The minimum Gasteiger partial charge on any atom is -0.619 e. The first-order valence-electron chi connectivity index (χ1n) is 8.92. The molecule has 1 aliphatic carbocycles. The molecule has 1 amide bonds. The summed E-state index contributed by atoms with van der Waals surface area (Å²) in [5.41, 5.74) is 2.77. The summed E-state index contributed by atoms with van der Waals surface area (Å²) < 4.78 is 0.665. The van der Waals surface area contributed by atoms with E-state index in [1.54, 1.807) is 0 Å². The number of rotatable bonds is 5. The number of carbonyl (C=O) groups excluding carboxylic acids is 1. The Morgan fingerprint density at radius 2 is 1.76 bits per heavy atom. The van der Waals surface area contributed by atoms with Crippen LogP contribution in [0.2, 0.25) is 0 Å². The van der Waals surface area contributed by atoms with E-state index in [4.69, 9.17) is 0 Å². The molecule has 2 aromatic rings. The van der Waals surface area contributed by atoms with Crippen molar-refractivity contribution in [3.8, 4) is 0 Å². The summed E-state index contributed by atoms with van der Waals surface area (Å²) in [5.74, 6) is -0.177. The highest BCUT2D eigenvalue weighted by Gasteiger charge is 2.18. The number of pyridine rings is 1. The average Bonchev–Trinajstić information content (AvgIpc) is 2.67. The normalized spacial score (nSPS) is 14.9. The van der Waals surface area contributed by atoms with Gasteiger partial charge >= 0.3 is 0 Å². The minimum atomic E-state index is -0.177. The molecule has 132 valence electrons. The van der Waals surface area contributed by atoms with Crippen molar-refractivity contribution in [2.75, 3.05) is 11.9 Å². The highest BCUT2D eigenvalue weighted by Crippen LogP contribution is 2.26. The third kappa shape index (κ3) is 4.50. The van der Waals surface area contributed by atoms with E-state index >= 15 is 0 Å². The maximum Gasteiger partial charge on any atom is 0.252 e. The summed E-state index contributed by atoms with van der Waals surface area (Å²) in [4.78, 5) is 14.5. The topological polar surface area (TPSA) is 59.3 Å². The predicted molar refractivity (Wildman–Crippen MR) is 98.3 cm³/mol. The average molecular weight is 339 g/mol. The van der Waals surface area contributed by atoms with Crippen LogP contribution in [0.15, 0.2) is 48.8 Å². The molecule has 25 heavy (non-hydrogen) atoms. The molecule has 0 unspecified atom stereocenters. The van der Waals surface area contributed by atoms with Gasteiger partial charge in [-0.1, -0.05) is 31.4 Å². The Morgan fingerprint density at radius 3 is 2.40 bits per heavy atom. The summed E-state index contributed by atoms with van der Waals surface area (Å²) in [6.45, 7) is 0.471. The van der Waals surface area contributed by atoms with Crippen LogP contribution in [-0.2, 0) is 6.54 Å². The van der Waals surface area contributed by atoms with E-state index in [0.717, 1.165) is 5.56 Å². The zero-order valence-corrected chi connectivity index (χ0v) is 14.6. The molecule has 0 bridgehead atoms. The number of nitrogens with one attached hydrogen (secondary N) is 1. The standard InChI is InChI=1S/C20H25N3O2/c1-22(18-5-3-2-4-6-18)19-9-7-16(8-10-19)15-21-20(24)17-11-13-23(25)14-12-17/h7-14,18H,2-6,15H2,1H3,(H,21,24). The number of anilines is 1. The Hall–Kier alpha value is -2.56. The second-order valence-electron chi connectivity index (χ2n) is 6.70. The van der Waals surface area contributed by atoms with E-state index in [0.29, 0.717) is 22.9 Å². The van der Waals surface area contributed by atoms with Crippen LogP contribution in [-0.4, -0.2) is 19.0 Å². The number of amides is 1. The van der Waals surface area contributed by atoms with Gasteiger partial charge in [-0.25, -0.2) is 0 Å². The molecule has 5 heteroatoms. The first-order valence-corrected chi connectivity index (χ1v) is 8.92. The molecule has 0 aliphatic heterocycles. The molecule has 1 aromatic carbocycles. The number of carbonyl (C=O) groups is 1. The van der Waals surface area contributed by atoms with Crippen LogP contribution in [0.5, 0.6) is 0 Å². The van der Waals surface area contributed by atoms with E-state index in [-0.39, 0.29) is 5.91 Å². The SMILES string of the molecule is CN(c1ccc(CNC(=O)c2cc[n+]([O-])cc2)cc1)C1CCCCC1. The van der Waals surface area contributed by atoms with Gasteiger partial charge in [-0.05, 0) is 30.5 Å². The van der Waals surface area contributed by atoms with E-state index in [9.17, 15) is 10.0 Å². The summed E-state index contributed by atoms with van der Waals surface area (Å²) in [6.07, 6.45) is 9.20. The van der Waals surface area contributed by atoms with Crippen LogP contribution in [0.25, 0.3) is 0 Å². The second kappa shape index (κ2) is 8.01.